The van der Waals surface area contributed by atoms with Crippen molar-refractivity contribution in [1.29, 1.82) is 0 Å². The maximum Gasteiger partial charge on any atom is 0.227 e. The van der Waals surface area contributed by atoms with Crippen LogP contribution in [0.25, 0.3) is 0 Å². The first-order valence-electron chi connectivity index (χ1n) is 7.63. The van der Waals surface area contributed by atoms with Crippen LogP contribution in [0.3, 0.4) is 0 Å². The highest BCUT2D eigenvalue weighted by molar-refractivity contribution is 6.30. The van der Waals surface area contributed by atoms with Gasteiger partial charge in [-0.3, -0.25) is 4.79 Å². The van der Waals surface area contributed by atoms with Gasteiger partial charge in [0.1, 0.15) is 5.82 Å². The summed E-state index contributed by atoms with van der Waals surface area (Å²) in [6.07, 6.45) is 0.203. The van der Waals surface area contributed by atoms with Crippen molar-refractivity contribution in [3.05, 3.63) is 70.5 Å². The molecule has 1 atom stereocenters. The third kappa shape index (κ3) is 3.89. The van der Waals surface area contributed by atoms with Crippen molar-refractivity contribution < 1.29 is 9.18 Å². The maximum absolute atomic E-state index is 13.3. The zero-order valence-electron chi connectivity index (χ0n) is 12.6. The van der Waals surface area contributed by atoms with E-state index in [4.69, 9.17) is 11.6 Å². The van der Waals surface area contributed by atoms with Crippen molar-refractivity contribution >= 4 is 17.5 Å². The predicted octanol–water partition coefficient (Wildman–Crippen LogP) is 3.19. The number of nitrogens with one attached hydrogen (secondary N) is 1. The van der Waals surface area contributed by atoms with Gasteiger partial charge in [0.25, 0.3) is 0 Å². The molecule has 1 aliphatic rings. The van der Waals surface area contributed by atoms with Crippen LogP contribution in [0.1, 0.15) is 17.2 Å². The topological polar surface area (TPSA) is 32.3 Å². The molecule has 1 N–H and O–H groups in total. The fraction of sp³-hybridized carbons (Fsp3) is 0.278. The van der Waals surface area contributed by atoms with Crippen LogP contribution in [0.2, 0.25) is 5.02 Å². The number of hydrogen-bond donors (Lipinski definition) is 1. The lowest BCUT2D eigenvalue weighted by atomic mass is 10.0. The van der Waals surface area contributed by atoms with Crippen molar-refractivity contribution in [2.45, 2.75) is 12.5 Å². The first-order valence-corrected chi connectivity index (χ1v) is 8.01. The van der Waals surface area contributed by atoms with E-state index in [0.717, 1.165) is 12.1 Å². The Labute approximate surface area is 140 Å². The lowest BCUT2D eigenvalue weighted by molar-refractivity contribution is -0.133. The van der Waals surface area contributed by atoms with E-state index in [0.29, 0.717) is 23.7 Å². The molecule has 23 heavy (non-hydrogen) atoms. The second-order valence-corrected chi connectivity index (χ2v) is 6.11. The number of halogens is 2. The molecular formula is C18H18ClFN2O. The summed E-state index contributed by atoms with van der Waals surface area (Å²) in [5.41, 5.74) is 1.70. The Morgan fingerprint density at radius 3 is 2.87 bits per heavy atom. The number of carbonyl (C=O) groups is 1. The van der Waals surface area contributed by atoms with Gasteiger partial charge in [0.15, 0.2) is 0 Å². The van der Waals surface area contributed by atoms with Gasteiger partial charge >= 0.3 is 0 Å². The highest BCUT2D eigenvalue weighted by atomic mass is 35.5. The summed E-state index contributed by atoms with van der Waals surface area (Å²) in [7, 11) is 0. The van der Waals surface area contributed by atoms with Crippen molar-refractivity contribution in [3.8, 4) is 0 Å². The summed E-state index contributed by atoms with van der Waals surface area (Å²) in [4.78, 5) is 14.5. The second-order valence-electron chi connectivity index (χ2n) is 5.67. The average molecular weight is 333 g/mol. The molecule has 0 aliphatic carbocycles. The molecule has 5 heteroatoms. The van der Waals surface area contributed by atoms with Gasteiger partial charge < -0.3 is 10.2 Å². The van der Waals surface area contributed by atoms with Crippen LogP contribution in [0.15, 0.2) is 48.5 Å². The van der Waals surface area contributed by atoms with Crippen LogP contribution < -0.4 is 5.32 Å². The number of piperazine rings is 1. The Balaban J connectivity index is 1.79. The van der Waals surface area contributed by atoms with Gasteiger partial charge in [0.05, 0.1) is 12.5 Å². The van der Waals surface area contributed by atoms with Crippen LogP contribution >= 0.6 is 11.6 Å². The third-order valence-corrected chi connectivity index (χ3v) is 4.28. The first-order chi connectivity index (χ1) is 11.1. The number of amides is 1. The third-order valence-electron chi connectivity index (χ3n) is 4.04. The Hall–Kier alpha value is -1.91. The Morgan fingerprint density at radius 2 is 2.09 bits per heavy atom. The minimum Gasteiger partial charge on any atom is -0.333 e. The normalized spacial score (nSPS) is 18.0. The molecule has 1 saturated heterocycles. The van der Waals surface area contributed by atoms with Crippen LogP contribution in [-0.4, -0.2) is 30.4 Å². The van der Waals surface area contributed by atoms with E-state index >= 15 is 0 Å². The molecule has 0 aromatic heterocycles. The monoisotopic (exact) mass is 332 g/mol. The van der Waals surface area contributed by atoms with Crippen molar-refractivity contribution in [2.75, 3.05) is 19.6 Å². The molecule has 0 saturated carbocycles. The predicted molar refractivity (Wildman–Crippen MR) is 88.9 cm³/mol. The van der Waals surface area contributed by atoms with Gasteiger partial charge in [-0.2, -0.15) is 0 Å². The van der Waals surface area contributed by atoms with E-state index in [1.54, 1.807) is 12.1 Å². The zero-order chi connectivity index (χ0) is 16.2. The van der Waals surface area contributed by atoms with E-state index in [1.807, 2.05) is 29.2 Å². The molecule has 2 aromatic carbocycles. The number of carbonyl (C=O) groups excluding carboxylic acids is 1. The lowest BCUT2D eigenvalue weighted by Crippen LogP contribution is -2.49. The molecule has 3 rings (SSSR count). The van der Waals surface area contributed by atoms with Crippen LogP contribution in [0.5, 0.6) is 0 Å². The van der Waals surface area contributed by atoms with Gasteiger partial charge in [0.2, 0.25) is 5.91 Å². The number of hydrogen-bond acceptors (Lipinski definition) is 2. The second kappa shape index (κ2) is 7.11. The van der Waals surface area contributed by atoms with Crippen LogP contribution in [-0.2, 0) is 11.2 Å². The van der Waals surface area contributed by atoms with Crippen molar-refractivity contribution in [3.63, 3.8) is 0 Å². The number of nitrogens with zero attached hydrogens (tertiary/aromatic N) is 1. The molecule has 120 valence electrons. The minimum absolute atomic E-state index is 0.00192. The van der Waals surface area contributed by atoms with Gasteiger partial charge in [-0.15, -0.1) is 0 Å². The molecule has 3 nitrogen and oxygen atoms in total. The molecule has 2 aromatic rings. The highest BCUT2D eigenvalue weighted by Crippen LogP contribution is 2.25. The molecule has 0 radical (unpaired) electrons. The van der Waals surface area contributed by atoms with Crippen LogP contribution in [0, 0.1) is 5.82 Å². The number of rotatable bonds is 3. The first kappa shape index (κ1) is 16.0. The lowest BCUT2D eigenvalue weighted by Gasteiger charge is -2.36. The molecule has 1 aliphatic heterocycles. The Kier molecular flexibility index (Phi) is 4.94. The summed E-state index contributed by atoms with van der Waals surface area (Å²) in [5, 5.41) is 3.97. The molecule has 0 bridgehead atoms. The smallest absolute Gasteiger partial charge is 0.227 e. The molecule has 0 spiro atoms. The quantitative estimate of drug-likeness (QED) is 0.936. The Morgan fingerprint density at radius 1 is 1.26 bits per heavy atom. The van der Waals surface area contributed by atoms with E-state index in [1.165, 1.54) is 12.1 Å². The molecule has 1 heterocycles. The van der Waals surface area contributed by atoms with E-state index in [2.05, 4.69) is 5.32 Å². The SMILES string of the molecule is O=C(Cc1cccc(F)c1)N1CCNCC1c1cccc(Cl)c1. The van der Waals surface area contributed by atoms with E-state index in [9.17, 15) is 9.18 Å². The largest absolute Gasteiger partial charge is 0.333 e. The van der Waals surface area contributed by atoms with E-state index < -0.39 is 0 Å². The molecule has 1 fully saturated rings. The van der Waals surface area contributed by atoms with Crippen LogP contribution in [0.4, 0.5) is 4.39 Å². The average Bonchev–Trinajstić information content (AvgIpc) is 2.55. The van der Waals surface area contributed by atoms with E-state index in [-0.39, 0.29) is 24.2 Å². The standard InChI is InChI=1S/C18H18ClFN2O/c19-15-5-2-4-14(11-15)17-12-21-7-8-22(17)18(23)10-13-3-1-6-16(20)9-13/h1-6,9,11,17,21H,7-8,10,12H2. The Bertz CT molecular complexity index is 707. The fourth-order valence-corrected chi connectivity index (χ4v) is 3.14. The van der Waals surface area contributed by atoms with Crippen molar-refractivity contribution in [1.82, 2.24) is 10.2 Å². The minimum atomic E-state index is -0.318. The summed E-state index contributed by atoms with van der Waals surface area (Å²) in [5.74, 6) is -0.316. The molecular weight excluding hydrogens is 315 g/mol. The van der Waals surface area contributed by atoms with Gasteiger partial charge in [-0.25, -0.2) is 4.39 Å². The summed E-state index contributed by atoms with van der Waals surface area (Å²) >= 11 is 6.07. The van der Waals surface area contributed by atoms with Gasteiger partial charge in [0, 0.05) is 24.7 Å². The zero-order valence-corrected chi connectivity index (χ0v) is 13.4. The highest BCUT2D eigenvalue weighted by Gasteiger charge is 2.27. The number of benzene rings is 2. The summed E-state index contributed by atoms with van der Waals surface area (Å²) in [6, 6.07) is 13.7. The molecule has 1 unspecified atom stereocenters. The van der Waals surface area contributed by atoms with Gasteiger partial charge in [-0.1, -0.05) is 35.9 Å². The van der Waals surface area contributed by atoms with Gasteiger partial charge in [-0.05, 0) is 35.4 Å². The summed E-state index contributed by atoms with van der Waals surface area (Å²) < 4.78 is 13.3. The molecule has 1 amide bonds. The summed E-state index contributed by atoms with van der Waals surface area (Å²) in [6.45, 7) is 2.08. The fourth-order valence-electron chi connectivity index (χ4n) is 2.94. The van der Waals surface area contributed by atoms with Crippen molar-refractivity contribution in [2.24, 2.45) is 0 Å². The maximum atomic E-state index is 13.3.